The Labute approximate surface area is 179 Å². The number of carbonyl (C=O) groups excluding carboxylic acids is 3. The lowest BCUT2D eigenvalue weighted by Crippen LogP contribution is -2.40. The van der Waals surface area contributed by atoms with Gasteiger partial charge in [0.05, 0.1) is 22.8 Å². The molecule has 1 fully saturated rings. The van der Waals surface area contributed by atoms with E-state index in [-0.39, 0.29) is 42.9 Å². The van der Waals surface area contributed by atoms with Crippen LogP contribution in [0, 0.1) is 10.1 Å². The number of nitro benzene ring substituents is 1. The van der Waals surface area contributed by atoms with Crippen molar-refractivity contribution < 1.29 is 24.0 Å². The van der Waals surface area contributed by atoms with E-state index < -0.39 is 28.7 Å². The molecule has 1 N–H and O–H groups in total. The number of piperidine rings is 1. The smallest absolute Gasteiger partial charge is 0.328 e. The number of hydrogen-bond donors (Lipinski definition) is 1. The second-order valence-corrected chi connectivity index (χ2v) is 7.03. The van der Waals surface area contributed by atoms with Crippen molar-refractivity contribution >= 4 is 29.2 Å². The summed E-state index contributed by atoms with van der Waals surface area (Å²) in [6.07, 6.45) is 0.861. The van der Waals surface area contributed by atoms with Crippen LogP contribution < -0.4 is 10.2 Å². The number of benzene rings is 2. The van der Waals surface area contributed by atoms with Crippen molar-refractivity contribution in [2.24, 2.45) is 0 Å². The number of nitro groups is 1. The molecule has 31 heavy (non-hydrogen) atoms. The van der Waals surface area contributed by atoms with Crippen LogP contribution in [0.4, 0.5) is 11.4 Å². The van der Waals surface area contributed by atoms with Gasteiger partial charge in [-0.2, -0.15) is 0 Å². The van der Waals surface area contributed by atoms with Crippen LogP contribution in [0.15, 0.2) is 48.5 Å². The van der Waals surface area contributed by atoms with E-state index in [0.29, 0.717) is 6.42 Å². The van der Waals surface area contributed by atoms with Crippen LogP contribution in [-0.2, 0) is 25.7 Å². The highest BCUT2D eigenvalue weighted by Gasteiger charge is 2.33. The van der Waals surface area contributed by atoms with Gasteiger partial charge in [-0.15, -0.1) is 0 Å². The van der Waals surface area contributed by atoms with Crippen LogP contribution in [0.3, 0.4) is 0 Å². The molecule has 1 heterocycles. The molecule has 1 saturated heterocycles. The molecule has 1 aliphatic heterocycles. The van der Waals surface area contributed by atoms with Gasteiger partial charge in [-0.3, -0.25) is 29.9 Å². The van der Waals surface area contributed by atoms with E-state index in [0.717, 1.165) is 16.5 Å². The van der Waals surface area contributed by atoms with Crippen molar-refractivity contribution in [1.29, 1.82) is 0 Å². The Kier molecular flexibility index (Phi) is 7.09. The van der Waals surface area contributed by atoms with Gasteiger partial charge in [-0.05, 0) is 31.0 Å². The number of rotatable bonds is 8. The van der Waals surface area contributed by atoms with Gasteiger partial charge in [0.1, 0.15) is 6.04 Å². The monoisotopic (exact) mass is 425 g/mol. The minimum absolute atomic E-state index is 0.0973. The second-order valence-electron chi connectivity index (χ2n) is 7.03. The van der Waals surface area contributed by atoms with Gasteiger partial charge in [0.25, 0.3) is 5.69 Å². The lowest BCUT2D eigenvalue weighted by atomic mass is 10.0. The molecule has 0 radical (unpaired) electrons. The molecule has 9 nitrogen and oxygen atoms in total. The summed E-state index contributed by atoms with van der Waals surface area (Å²) in [6, 6.07) is 12.2. The standard InChI is InChI=1S/C22H23N3O6/c1-2-31-22(28)21(23-14-15-7-4-3-5-8-15)17-12-11-16(13-18(17)25(29)30)24-19(26)9-6-10-20(24)27/h3-5,7-8,11-13,21,23H,2,6,9-10,14H2,1H3. The summed E-state index contributed by atoms with van der Waals surface area (Å²) in [4.78, 5) is 49.2. The Morgan fingerprint density at radius 2 is 1.84 bits per heavy atom. The van der Waals surface area contributed by atoms with E-state index in [1.807, 2.05) is 30.3 Å². The Balaban J connectivity index is 1.97. The molecule has 0 aromatic heterocycles. The van der Waals surface area contributed by atoms with E-state index >= 15 is 0 Å². The van der Waals surface area contributed by atoms with Crippen LogP contribution in [0.2, 0.25) is 0 Å². The third kappa shape index (κ3) is 5.13. The van der Waals surface area contributed by atoms with Crippen LogP contribution in [0.5, 0.6) is 0 Å². The fraction of sp³-hybridized carbons (Fsp3) is 0.318. The number of carbonyl (C=O) groups is 3. The van der Waals surface area contributed by atoms with Crippen LogP contribution in [0.1, 0.15) is 43.4 Å². The lowest BCUT2D eigenvalue weighted by Gasteiger charge is -2.25. The van der Waals surface area contributed by atoms with E-state index in [2.05, 4.69) is 5.32 Å². The number of imide groups is 1. The largest absolute Gasteiger partial charge is 0.465 e. The number of ether oxygens (including phenoxy) is 1. The molecular weight excluding hydrogens is 402 g/mol. The van der Waals surface area contributed by atoms with Crippen molar-refractivity contribution in [2.75, 3.05) is 11.5 Å². The summed E-state index contributed by atoms with van der Waals surface area (Å²) < 4.78 is 5.12. The molecule has 3 rings (SSSR count). The zero-order chi connectivity index (χ0) is 22.4. The van der Waals surface area contributed by atoms with Crippen molar-refractivity contribution in [1.82, 2.24) is 5.32 Å². The van der Waals surface area contributed by atoms with Gasteiger partial charge in [0, 0.05) is 25.5 Å². The van der Waals surface area contributed by atoms with Crippen molar-refractivity contribution in [3.8, 4) is 0 Å². The zero-order valence-electron chi connectivity index (χ0n) is 17.1. The number of hydrogen-bond acceptors (Lipinski definition) is 7. The molecule has 9 heteroatoms. The molecule has 0 spiro atoms. The molecule has 1 atom stereocenters. The topological polar surface area (TPSA) is 119 Å². The average Bonchev–Trinajstić information content (AvgIpc) is 2.75. The Morgan fingerprint density at radius 3 is 2.45 bits per heavy atom. The van der Waals surface area contributed by atoms with Gasteiger partial charge in [0.2, 0.25) is 11.8 Å². The molecule has 0 aliphatic carbocycles. The quantitative estimate of drug-likeness (QED) is 0.299. The fourth-order valence-electron chi connectivity index (χ4n) is 3.48. The van der Waals surface area contributed by atoms with Crippen LogP contribution in [0.25, 0.3) is 0 Å². The summed E-state index contributed by atoms with van der Waals surface area (Å²) in [7, 11) is 0. The Morgan fingerprint density at radius 1 is 1.16 bits per heavy atom. The first-order valence-corrected chi connectivity index (χ1v) is 10.0. The molecule has 1 aliphatic rings. The number of amides is 2. The lowest BCUT2D eigenvalue weighted by molar-refractivity contribution is -0.385. The third-order valence-corrected chi connectivity index (χ3v) is 4.94. The van der Waals surface area contributed by atoms with E-state index in [1.165, 1.54) is 12.1 Å². The number of nitrogens with zero attached hydrogens (tertiary/aromatic N) is 2. The van der Waals surface area contributed by atoms with Gasteiger partial charge < -0.3 is 4.74 Å². The summed E-state index contributed by atoms with van der Waals surface area (Å²) in [5.41, 5.74) is 0.735. The average molecular weight is 425 g/mol. The maximum absolute atomic E-state index is 12.6. The molecule has 0 bridgehead atoms. The molecular formula is C22H23N3O6. The molecule has 2 aromatic carbocycles. The zero-order valence-corrected chi connectivity index (χ0v) is 17.1. The Bertz CT molecular complexity index is 976. The first kappa shape index (κ1) is 22.1. The summed E-state index contributed by atoms with van der Waals surface area (Å²) in [5.74, 6) is -1.45. The van der Waals surface area contributed by atoms with E-state index in [9.17, 15) is 24.5 Å². The first-order chi connectivity index (χ1) is 14.9. The number of anilines is 1. The highest BCUT2D eigenvalue weighted by Crippen LogP contribution is 2.32. The van der Waals surface area contributed by atoms with Gasteiger partial charge in [-0.25, -0.2) is 4.79 Å². The Hall–Kier alpha value is -3.59. The van der Waals surface area contributed by atoms with Crippen molar-refractivity contribution in [3.63, 3.8) is 0 Å². The normalized spacial score (nSPS) is 14.9. The van der Waals surface area contributed by atoms with Crippen LogP contribution >= 0.6 is 0 Å². The van der Waals surface area contributed by atoms with Crippen LogP contribution in [-0.4, -0.2) is 29.3 Å². The SMILES string of the molecule is CCOC(=O)C(NCc1ccccc1)c1ccc(N2C(=O)CCCC2=O)cc1[N+](=O)[O-]. The summed E-state index contributed by atoms with van der Waals surface area (Å²) >= 11 is 0. The summed E-state index contributed by atoms with van der Waals surface area (Å²) in [6.45, 7) is 2.05. The third-order valence-electron chi connectivity index (χ3n) is 4.94. The maximum atomic E-state index is 12.6. The number of nitrogens with one attached hydrogen (secondary N) is 1. The molecule has 2 amide bonds. The molecule has 1 unspecified atom stereocenters. The van der Waals surface area contributed by atoms with Gasteiger partial charge in [0.15, 0.2) is 0 Å². The second kappa shape index (κ2) is 9.94. The highest BCUT2D eigenvalue weighted by atomic mass is 16.6. The molecule has 2 aromatic rings. The number of esters is 1. The molecule has 0 saturated carbocycles. The minimum atomic E-state index is -1.10. The maximum Gasteiger partial charge on any atom is 0.328 e. The first-order valence-electron chi connectivity index (χ1n) is 10.0. The van der Waals surface area contributed by atoms with E-state index in [4.69, 9.17) is 4.74 Å². The van der Waals surface area contributed by atoms with E-state index in [1.54, 1.807) is 6.92 Å². The minimum Gasteiger partial charge on any atom is -0.465 e. The highest BCUT2D eigenvalue weighted by molar-refractivity contribution is 6.16. The summed E-state index contributed by atoms with van der Waals surface area (Å²) in [5, 5.41) is 14.8. The van der Waals surface area contributed by atoms with Crippen molar-refractivity contribution in [3.05, 3.63) is 69.8 Å². The van der Waals surface area contributed by atoms with Crippen molar-refractivity contribution in [2.45, 2.75) is 38.8 Å². The molecule has 162 valence electrons. The fourth-order valence-corrected chi connectivity index (χ4v) is 3.48. The predicted molar refractivity (Wildman–Crippen MR) is 112 cm³/mol. The van der Waals surface area contributed by atoms with Gasteiger partial charge >= 0.3 is 5.97 Å². The predicted octanol–water partition coefficient (Wildman–Crippen LogP) is 3.03. The van der Waals surface area contributed by atoms with Gasteiger partial charge in [-0.1, -0.05) is 30.3 Å².